The van der Waals surface area contributed by atoms with Crippen molar-refractivity contribution < 1.29 is 19.1 Å². The van der Waals surface area contributed by atoms with Crippen molar-refractivity contribution in [1.82, 2.24) is 4.98 Å². The van der Waals surface area contributed by atoms with Gasteiger partial charge >= 0.3 is 5.97 Å². The van der Waals surface area contributed by atoms with E-state index in [0.29, 0.717) is 24.3 Å². The molecule has 8 heteroatoms. The number of ether oxygens (including phenoxy) is 1. The van der Waals surface area contributed by atoms with Crippen LogP contribution in [0.4, 0.5) is 11.4 Å². The van der Waals surface area contributed by atoms with Gasteiger partial charge in [0.05, 0.1) is 18.5 Å². The van der Waals surface area contributed by atoms with E-state index in [1.165, 1.54) is 7.11 Å². The van der Waals surface area contributed by atoms with E-state index >= 15 is 0 Å². The monoisotopic (exact) mass is 419 g/mol. The number of esters is 1. The number of para-hydroxylation sites is 1. The van der Waals surface area contributed by atoms with Crippen LogP contribution in [0.25, 0.3) is 0 Å². The summed E-state index contributed by atoms with van der Waals surface area (Å²) >= 11 is 3.43. The van der Waals surface area contributed by atoms with E-state index in [9.17, 15) is 14.4 Å². The molecule has 1 unspecified atom stereocenters. The Morgan fingerprint density at radius 3 is 2.77 bits per heavy atom. The average molecular weight is 420 g/mol. The molecule has 1 aromatic carbocycles. The molecule has 1 saturated heterocycles. The van der Waals surface area contributed by atoms with Gasteiger partial charge in [-0.1, -0.05) is 12.1 Å². The first kappa shape index (κ1) is 18.2. The largest absolute Gasteiger partial charge is 0.464 e. The highest BCUT2D eigenvalue weighted by Crippen LogP contribution is 2.32. The van der Waals surface area contributed by atoms with Gasteiger partial charge in [0, 0.05) is 16.7 Å². The number of amides is 2. The van der Waals surface area contributed by atoms with E-state index in [1.54, 1.807) is 17.9 Å². The lowest BCUT2D eigenvalue weighted by Crippen LogP contribution is -2.33. The van der Waals surface area contributed by atoms with Gasteiger partial charge in [-0.2, -0.15) is 0 Å². The minimum atomic E-state index is -0.803. The number of benzene rings is 1. The fourth-order valence-corrected chi connectivity index (χ4v) is 3.50. The summed E-state index contributed by atoms with van der Waals surface area (Å²) in [4.78, 5) is 41.6. The second-order valence-electron chi connectivity index (χ2n) is 6.00. The molecule has 1 aliphatic rings. The van der Waals surface area contributed by atoms with E-state index in [0.717, 1.165) is 10.2 Å². The zero-order chi connectivity index (χ0) is 18.8. The standard InChI is InChI=1S/C18H18BrN3O4/c1-10-9-13(15(20-10)18(25)26-2)21-16(23)11-7-8-22(17(11)24)14-6-4-3-5-12(14)19/h3-6,9,11,20H,7-8H2,1-2H3,(H,21,23). The minimum Gasteiger partial charge on any atom is -0.464 e. The molecule has 0 radical (unpaired) electrons. The van der Waals surface area contributed by atoms with Crippen LogP contribution in [-0.2, 0) is 14.3 Å². The van der Waals surface area contributed by atoms with Gasteiger partial charge in [-0.05, 0) is 47.5 Å². The van der Waals surface area contributed by atoms with Crippen LogP contribution in [0.1, 0.15) is 22.6 Å². The second kappa shape index (κ2) is 7.33. The van der Waals surface area contributed by atoms with Gasteiger partial charge in [-0.3, -0.25) is 9.59 Å². The summed E-state index contributed by atoms with van der Waals surface area (Å²) in [6.45, 7) is 2.22. The molecule has 2 aromatic rings. The first-order valence-electron chi connectivity index (χ1n) is 8.07. The van der Waals surface area contributed by atoms with Crippen molar-refractivity contribution in [1.29, 1.82) is 0 Å². The highest BCUT2D eigenvalue weighted by molar-refractivity contribution is 9.10. The van der Waals surface area contributed by atoms with Crippen LogP contribution < -0.4 is 10.2 Å². The molecule has 1 atom stereocenters. The van der Waals surface area contributed by atoms with Gasteiger partial charge in [0.2, 0.25) is 11.8 Å². The number of H-pyrrole nitrogens is 1. The van der Waals surface area contributed by atoms with Crippen LogP contribution in [0.2, 0.25) is 0 Å². The quantitative estimate of drug-likeness (QED) is 0.588. The van der Waals surface area contributed by atoms with Crippen LogP contribution in [0.5, 0.6) is 0 Å². The molecule has 2 heterocycles. The lowest BCUT2D eigenvalue weighted by molar-refractivity contribution is -0.129. The number of carbonyl (C=O) groups is 3. The van der Waals surface area contributed by atoms with Gasteiger partial charge in [0.25, 0.3) is 0 Å². The van der Waals surface area contributed by atoms with E-state index in [2.05, 4.69) is 26.2 Å². The molecule has 1 aromatic heterocycles. The van der Waals surface area contributed by atoms with Gasteiger partial charge in [-0.25, -0.2) is 4.79 Å². The van der Waals surface area contributed by atoms with E-state index in [1.807, 2.05) is 24.3 Å². The number of rotatable bonds is 4. The lowest BCUT2D eigenvalue weighted by Gasteiger charge is -2.18. The maximum atomic E-state index is 12.7. The Morgan fingerprint density at radius 1 is 1.35 bits per heavy atom. The van der Waals surface area contributed by atoms with Gasteiger partial charge in [0.15, 0.2) is 0 Å². The van der Waals surface area contributed by atoms with Crippen molar-refractivity contribution in [2.24, 2.45) is 5.92 Å². The third kappa shape index (κ3) is 3.37. The van der Waals surface area contributed by atoms with Crippen molar-refractivity contribution in [3.8, 4) is 0 Å². The molecule has 0 saturated carbocycles. The summed E-state index contributed by atoms with van der Waals surface area (Å²) in [5, 5.41) is 2.68. The van der Waals surface area contributed by atoms with Gasteiger partial charge < -0.3 is 19.9 Å². The zero-order valence-corrected chi connectivity index (χ0v) is 15.9. The normalized spacial score (nSPS) is 16.7. The van der Waals surface area contributed by atoms with E-state index < -0.39 is 17.8 Å². The summed E-state index contributed by atoms with van der Waals surface area (Å²) in [7, 11) is 1.26. The Morgan fingerprint density at radius 2 is 2.08 bits per heavy atom. The molecule has 2 N–H and O–H groups in total. The topological polar surface area (TPSA) is 91.5 Å². The third-order valence-electron chi connectivity index (χ3n) is 4.26. The number of aryl methyl sites for hydroxylation is 1. The Hall–Kier alpha value is -2.61. The molecule has 2 amide bonds. The smallest absolute Gasteiger partial charge is 0.356 e. The number of hydrogen-bond donors (Lipinski definition) is 2. The van der Waals surface area contributed by atoms with Crippen LogP contribution >= 0.6 is 15.9 Å². The second-order valence-corrected chi connectivity index (χ2v) is 6.86. The third-order valence-corrected chi connectivity index (χ3v) is 4.94. The predicted molar refractivity (Wildman–Crippen MR) is 100 cm³/mol. The first-order valence-corrected chi connectivity index (χ1v) is 8.86. The molecule has 0 spiro atoms. The lowest BCUT2D eigenvalue weighted by atomic mass is 10.1. The van der Waals surface area contributed by atoms with Gasteiger partial charge in [-0.15, -0.1) is 0 Å². The SMILES string of the molecule is COC(=O)c1[nH]c(C)cc1NC(=O)C1CCN(c2ccccc2Br)C1=O. The van der Waals surface area contributed by atoms with Crippen molar-refractivity contribution >= 4 is 45.1 Å². The number of halogens is 1. The van der Waals surface area contributed by atoms with E-state index in [-0.39, 0.29) is 11.6 Å². The highest BCUT2D eigenvalue weighted by Gasteiger charge is 2.38. The summed E-state index contributed by atoms with van der Waals surface area (Å²) in [5.41, 5.74) is 1.91. The highest BCUT2D eigenvalue weighted by atomic mass is 79.9. The Bertz CT molecular complexity index is 877. The fraction of sp³-hybridized carbons (Fsp3) is 0.278. The molecular formula is C18H18BrN3O4. The Labute approximate surface area is 158 Å². The van der Waals surface area contributed by atoms with Crippen LogP contribution in [0, 0.1) is 12.8 Å². The van der Waals surface area contributed by atoms with E-state index in [4.69, 9.17) is 4.74 Å². The molecule has 3 rings (SSSR count). The number of aromatic amines is 1. The summed E-state index contributed by atoms with van der Waals surface area (Å²) in [6.07, 6.45) is 0.406. The number of carbonyl (C=O) groups excluding carboxylic acids is 3. The fourth-order valence-electron chi connectivity index (χ4n) is 3.00. The number of nitrogens with zero attached hydrogens (tertiary/aromatic N) is 1. The maximum Gasteiger partial charge on any atom is 0.356 e. The summed E-state index contributed by atoms with van der Waals surface area (Å²) in [5.74, 6) is -2.08. The van der Waals surface area contributed by atoms with Gasteiger partial charge in [0.1, 0.15) is 11.6 Å². The summed E-state index contributed by atoms with van der Waals surface area (Å²) < 4.78 is 5.50. The van der Waals surface area contributed by atoms with Crippen LogP contribution in [-0.4, -0.2) is 36.4 Å². The molecule has 0 aliphatic carbocycles. The number of aromatic nitrogens is 1. The number of hydrogen-bond acceptors (Lipinski definition) is 4. The Kier molecular flexibility index (Phi) is 5.13. The Balaban J connectivity index is 1.77. The van der Waals surface area contributed by atoms with Crippen molar-refractivity contribution in [3.05, 3.63) is 46.2 Å². The molecule has 26 heavy (non-hydrogen) atoms. The number of nitrogens with one attached hydrogen (secondary N) is 2. The van der Waals surface area contributed by atoms with Crippen molar-refractivity contribution in [2.75, 3.05) is 23.9 Å². The molecule has 1 aliphatic heterocycles. The molecule has 136 valence electrons. The predicted octanol–water partition coefficient (Wildman–Crippen LogP) is 2.86. The minimum absolute atomic E-state index is 0.159. The maximum absolute atomic E-state index is 12.7. The van der Waals surface area contributed by atoms with Crippen molar-refractivity contribution in [2.45, 2.75) is 13.3 Å². The average Bonchev–Trinajstić information content (AvgIpc) is 3.17. The van der Waals surface area contributed by atoms with Crippen LogP contribution in [0.3, 0.4) is 0 Å². The zero-order valence-electron chi connectivity index (χ0n) is 14.3. The molecular weight excluding hydrogens is 402 g/mol. The number of anilines is 2. The van der Waals surface area contributed by atoms with Crippen LogP contribution in [0.15, 0.2) is 34.8 Å². The first-order chi connectivity index (χ1) is 12.4. The van der Waals surface area contributed by atoms with Crippen molar-refractivity contribution in [3.63, 3.8) is 0 Å². The molecule has 0 bridgehead atoms. The number of methoxy groups -OCH3 is 1. The summed E-state index contributed by atoms with van der Waals surface area (Å²) in [6, 6.07) is 9.01. The molecule has 7 nitrogen and oxygen atoms in total. The molecule has 1 fully saturated rings.